The molecule has 0 aliphatic heterocycles. The van der Waals surface area contributed by atoms with Crippen molar-refractivity contribution < 1.29 is 14.7 Å². The minimum Gasteiger partial charge on any atom is -0.477 e. The molecule has 0 aliphatic rings. The van der Waals surface area contributed by atoms with Crippen LogP contribution in [-0.4, -0.2) is 21.9 Å². The maximum Gasteiger partial charge on any atom is 0.345 e. The number of allylic oxidation sites excluding steroid dienone is 1. The topological polar surface area (TPSA) is 54.4 Å². The minimum atomic E-state index is -0.884. The summed E-state index contributed by atoms with van der Waals surface area (Å²) in [6.07, 6.45) is 4.71. The highest BCUT2D eigenvalue weighted by Gasteiger charge is 2.08. The Morgan fingerprint density at radius 1 is 1.53 bits per heavy atom. The molecular formula is C12H14O3S2. The third-order valence-corrected chi connectivity index (χ3v) is 4.06. The van der Waals surface area contributed by atoms with Gasteiger partial charge in [0.25, 0.3) is 0 Å². The predicted octanol–water partition coefficient (Wildman–Crippen LogP) is 3.44. The zero-order valence-electron chi connectivity index (χ0n) is 9.73. The molecule has 0 spiro atoms. The first kappa shape index (κ1) is 14.0. The Balaban J connectivity index is 2.53. The summed E-state index contributed by atoms with van der Waals surface area (Å²) < 4.78 is 0. The zero-order valence-corrected chi connectivity index (χ0v) is 11.4. The van der Waals surface area contributed by atoms with Gasteiger partial charge in [0.1, 0.15) is 4.88 Å². The van der Waals surface area contributed by atoms with Crippen LogP contribution in [0.15, 0.2) is 12.1 Å². The van der Waals surface area contributed by atoms with E-state index >= 15 is 0 Å². The quantitative estimate of drug-likeness (QED) is 0.833. The Bertz CT molecular complexity index is 447. The van der Waals surface area contributed by atoms with Crippen LogP contribution in [0.3, 0.4) is 0 Å². The molecule has 1 N–H and O–H groups in total. The number of carboxylic acid groups (broad SMARTS) is 1. The number of carboxylic acids is 1. The van der Waals surface area contributed by atoms with Crippen LogP contribution in [0.1, 0.15) is 33.5 Å². The van der Waals surface area contributed by atoms with Crippen molar-refractivity contribution in [3.63, 3.8) is 0 Å². The second-order valence-electron chi connectivity index (χ2n) is 3.49. The Hall–Kier alpha value is -1.07. The molecule has 1 heterocycles. The second-order valence-corrected chi connectivity index (χ2v) is 5.85. The lowest BCUT2D eigenvalue weighted by Gasteiger charge is -1.92. The lowest BCUT2D eigenvalue weighted by Crippen LogP contribution is -1.89. The molecule has 0 radical (unpaired) electrons. The number of rotatable bonds is 5. The third-order valence-electron chi connectivity index (χ3n) is 2.03. The molecule has 5 heteroatoms. The number of carbonyl (C=O) groups is 2. The highest BCUT2D eigenvalue weighted by atomic mass is 32.2. The van der Waals surface area contributed by atoms with Crippen molar-refractivity contribution in [1.29, 1.82) is 0 Å². The molecule has 0 aliphatic carbocycles. The van der Waals surface area contributed by atoms with E-state index in [9.17, 15) is 9.59 Å². The third kappa shape index (κ3) is 4.75. The SMILES string of the molecule is CC(=O)SCCC=Cc1sc(C(=O)O)cc1C. The van der Waals surface area contributed by atoms with Crippen molar-refractivity contribution in [3.05, 3.63) is 27.5 Å². The van der Waals surface area contributed by atoms with E-state index in [1.807, 2.05) is 19.1 Å². The van der Waals surface area contributed by atoms with Gasteiger partial charge in [-0.2, -0.15) is 0 Å². The van der Waals surface area contributed by atoms with Crippen LogP contribution in [-0.2, 0) is 4.79 Å². The summed E-state index contributed by atoms with van der Waals surface area (Å²) in [4.78, 5) is 22.8. The summed E-state index contributed by atoms with van der Waals surface area (Å²) in [5.74, 6) is -0.118. The van der Waals surface area contributed by atoms with Crippen molar-refractivity contribution in [3.8, 4) is 0 Å². The molecule has 0 unspecified atom stereocenters. The number of thioether (sulfide) groups is 1. The number of hydrogen-bond donors (Lipinski definition) is 1. The summed E-state index contributed by atoms with van der Waals surface area (Å²) in [7, 11) is 0. The predicted molar refractivity (Wildman–Crippen MR) is 72.8 cm³/mol. The molecule has 0 bridgehead atoms. The number of hydrogen-bond acceptors (Lipinski definition) is 4. The summed E-state index contributed by atoms with van der Waals surface area (Å²) >= 11 is 2.57. The molecule has 0 saturated heterocycles. The maximum absolute atomic E-state index is 10.8. The fourth-order valence-electron chi connectivity index (χ4n) is 1.23. The van der Waals surface area contributed by atoms with E-state index in [-0.39, 0.29) is 5.12 Å². The summed E-state index contributed by atoms with van der Waals surface area (Å²) in [6, 6.07) is 1.68. The van der Waals surface area contributed by atoms with E-state index in [0.29, 0.717) is 4.88 Å². The molecule has 0 fully saturated rings. The smallest absolute Gasteiger partial charge is 0.345 e. The molecule has 92 valence electrons. The largest absolute Gasteiger partial charge is 0.477 e. The Morgan fingerprint density at radius 3 is 2.76 bits per heavy atom. The first-order valence-electron chi connectivity index (χ1n) is 5.14. The average molecular weight is 270 g/mol. The Kier molecular flexibility index (Phi) is 5.44. The van der Waals surface area contributed by atoms with Crippen molar-refractivity contribution in [2.75, 3.05) is 5.75 Å². The summed E-state index contributed by atoms with van der Waals surface area (Å²) in [5, 5.41) is 8.96. The van der Waals surface area contributed by atoms with E-state index in [1.165, 1.54) is 23.1 Å². The van der Waals surface area contributed by atoms with Crippen molar-refractivity contribution >= 4 is 40.3 Å². The molecular weight excluding hydrogens is 256 g/mol. The summed E-state index contributed by atoms with van der Waals surface area (Å²) in [5.41, 5.74) is 0.975. The molecule has 0 saturated carbocycles. The fraction of sp³-hybridized carbons (Fsp3) is 0.333. The van der Waals surface area contributed by atoms with E-state index in [2.05, 4.69) is 0 Å². The standard InChI is InChI=1S/C12H14O3S2/c1-8-7-11(12(14)15)17-10(8)5-3-4-6-16-9(2)13/h3,5,7H,4,6H2,1-2H3,(H,14,15). The molecule has 1 aromatic heterocycles. The van der Waals surface area contributed by atoms with Crippen LogP contribution in [0.25, 0.3) is 6.08 Å². The maximum atomic E-state index is 10.8. The van der Waals surface area contributed by atoms with Gasteiger partial charge in [0, 0.05) is 17.6 Å². The van der Waals surface area contributed by atoms with Gasteiger partial charge in [-0.3, -0.25) is 4.79 Å². The lowest BCUT2D eigenvalue weighted by molar-refractivity contribution is -0.109. The Morgan fingerprint density at radius 2 is 2.24 bits per heavy atom. The van der Waals surface area contributed by atoms with Gasteiger partial charge in [0.2, 0.25) is 0 Å². The molecule has 1 rings (SSSR count). The van der Waals surface area contributed by atoms with E-state index in [1.54, 1.807) is 13.0 Å². The van der Waals surface area contributed by atoms with Gasteiger partial charge in [0.15, 0.2) is 5.12 Å². The van der Waals surface area contributed by atoms with Gasteiger partial charge in [-0.05, 0) is 31.1 Å². The van der Waals surface area contributed by atoms with Crippen molar-refractivity contribution in [2.45, 2.75) is 20.3 Å². The fourth-order valence-corrected chi connectivity index (χ4v) is 2.71. The molecule has 0 aromatic carbocycles. The monoisotopic (exact) mass is 270 g/mol. The lowest BCUT2D eigenvalue weighted by atomic mass is 10.2. The van der Waals surface area contributed by atoms with Gasteiger partial charge in [0.05, 0.1) is 0 Å². The van der Waals surface area contributed by atoms with Crippen molar-refractivity contribution in [2.24, 2.45) is 0 Å². The second kappa shape index (κ2) is 6.61. The minimum absolute atomic E-state index is 0.124. The molecule has 0 atom stereocenters. The van der Waals surface area contributed by atoms with E-state index in [0.717, 1.165) is 22.6 Å². The number of carbonyl (C=O) groups excluding carboxylic acids is 1. The molecule has 1 aromatic rings. The first-order chi connectivity index (χ1) is 8.00. The van der Waals surface area contributed by atoms with Gasteiger partial charge < -0.3 is 5.11 Å². The Labute approximate surface area is 109 Å². The normalized spacial score (nSPS) is 10.9. The average Bonchev–Trinajstić information content (AvgIpc) is 2.59. The summed E-state index contributed by atoms with van der Waals surface area (Å²) in [6.45, 7) is 3.45. The highest BCUT2D eigenvalue weighted by Crippen LogP contribution is 2.23. The number of thiophene rings is 1. The van der Waals surface area contributed by atoms with Crippen LogP contribution in [0.5, 0.6) is 0 Å². The number of aromatic carboxylic acids is 1. The molecule has 3 nitrogen and oxygen atoms in total. The van der Waals surface area contributed by atoms with Gasteiger partial charge in [-0.15, -0.1) is 11.3 Å². The van der Waals surface area contributed by atoms with Gasteiger partial charge in [-0.25, -0.2) is 4.79 Å². The van der Waals surface area contributed by atoms with E-state index in [4.69, 9.17) is 5.11 Å². The number of aryl methyl sites for hydroxylation is 1. The van der Waals surface area contributed by atoms with Crippen LogP contribution in [0.4, 0.5) is 0 Å². The van der Waals surface area contributed by atoms with Crippen LogP contribution >= 0.6 is 23.1 Å². The highest BCUT2D eigenvalue weighted by molar-refractivity contribution is 8.13. The van der Waals surface area contributed by atoms with E-state index < -0.39 is 5.97 Å². The van der Waals surface area contributed by atoms with Crippen molar-refractivity contribution in [1.82, 2.24) is 0 Å². The van der Waals surface area contributed by atoms with Gasteiger partial charge in [-0.1, -0.05) is 17.8 Å². The van der Waals surface area contributed by atoms with Crippen LogP contribution < -0.4 is 0 Å². The molecule has 17 heavy (non-hydrogen) atoms. The van der Waals surface area contributed by atoms with Crippen LogP contribution in [0.2, 0.25) is 0 Å². The first-order valence-corrected chi connectivity index (χ1v) is 6.94. The molecule has 0 amide bonds. The van der Waals surface area contributed by atoms with Crippen LogP contribution in [0, 0.1) is 6.92 Å². The zero-order chi connectivity index (χ0) is 12.8. The van der Waals surface area contributed by atoms with Gasteiger partial charge >= 0.3 is 5.97 Å².